The van der Waals surface area contributed by atoms with E-state index in [-0.39, 0.29) is 17.8 Å². The van der Waals surface area contributed by atoms with E-state index >= 15 is 0 Å². The van der Waals surface area contributed by atoms with Crippen LogP contribution in [0.15, 0.2) is 24.3 Å². The first kappa shape index (κ1) is 18.3. The Labute approximate surface area is 149 Å². The Hall–Kier alpha value is -1.46. The summed E-state index contributed by atoms with van der Waals surface area (Å²) >= 11 is 0. The van der Waals surface area contributed by atoms with Crippen LogP contribution in [-0.2, 0) is 4.74 Å². The Balaban J connectivity index is 1.67. The smallest absolute Gasteiger partial charge is 0.254 e. The van der Waals surface area contributed by atoms with Gasteiger partial charge in [0.25, 0.3) is 5.91 Å². The Kier molecular flexibility index (Phi) is 6.43. The van der Waals surface area contributed by atoms with Crippen LogP contribution < -0.4 is 0 Å². The highest BCUT2D eigenvalue weighted by Gasteiger charge is 2.29. The normalized spacial score (nSPS) is 23.4. The van der Waals surface area contributed by atoms with E-state index in [1.54, 1.807) is 19.2 Å². The third-order valence-corrected chi connectivity index (χ3v) is 5.57. The van der Waals surface area contributed by atoms with Crippen molar-refractivity contribution in [3.8, 4) is 0 Å². The summed E-state index contributed by atoms with van der Waals surface area (Å²) in [5, 5.41) is 0. The van der Waals surface area contributed by atoms with Crippen molar-refractivity contribution in [3.05, 3.63) is 35.6 Å². The molecule has 1 amide bonds. The van der Waals surface area contributed by atoms with Gasteiger partial charge in [0.1, 0.15) is 5.82 Å². The molecule has 5 heteroatoms. The Morgan fingerprint density at radius 3 is 2.48 bits per heavy atom. The largest absolute Gasteiger partial charge is 0.381 e. The Morgan fingerprint density at radius 2 is 1.80 bits per heavy atom. The molecule has 3 rings (SSSR count). The van der Waals surface area contributed by atoms with Crippen molar-refractivity contribution in [3.63, 3.8) is 0 Å². The zero-order valence-corrected chi connectivity index (χ0v) is 15.1. The highest BCUT2D eigenvalue weighted by molar-refractivity contribution is 5.94. The van der Waals surface area contributed by atoms with Crippen LogP contribution in [0.4, 0.5) is 4.39 Å². The molecule has 0 bridgehead atoms. The molecule has 1 unspecified atom stereocenters. The number of ether oxygens (including phenoxy) is 1. The third-order valence-electron chi connectivity index (χ3n) is 5.57. The van der Waals surface area contributed by atoms with E-state index in [0.717, 1.165) is 51.9 Å². The van der Waals surface area contributed by atoms with Gasteiger partial charge in [0.15, 0.2) is 0 Å². The van der Waals surface area contributed by atoms with Gasteiger partial charge in [-0.3, -0.25) is 4.79 Å². The van der Waals surface area contributed by atoms with Gasteiger partial charge in [-0.25, -0.2) is 4.39 Å². The summed E-state index contributed by atoms with van der Waals surface area (Å²) in [5.74, 6) is -0.261. The maximum Gasteiger partial charge on any atom is 0.254 e. The first-order valence-electron chi connectivity index (χ1n) is 9.49. The number of piperidine rings is 1. The molecule has 25 heavy (non-hydrogen) atoms. The minimum atomic E-state index is -0.301. The lowest BCUT2D eigenvalue weighted by atomic mass is 10.0. The Morgan fingerprint density at radius 1 is 1.08 bits per heavy atom. The number of amides is 1. The number of hydrogen-bond acceptors (Lipinski definition) is 3. The van der Waals surface area contributed by atoms with Crippen LogP contribution >= 0.6 is 0 Å². The predicted octanol–water partition coefficient (Wildman–Crippen LogP) is 3.32. The standard InChI is InChI=1S/C20H29FN2O2/c1-25-19-10-13-22(14-11-19)15-18-5-3-2-4-12-23(18)20(24)16-6-8-17(21)9-7-16/h6-9,18-19H,2-5,10-15H2,1H3. The SMILES string of the molecule is COC1CCN(CC2CCCCCN2C(=O)c2ccc(F)cc2)CC1. The first-order chi connectivity index (χ1) is 12.2. The second-order valence-electron chi connectivity index (χ2n) is 7.24. The maximum absolute atomic E-state index is 13.2. The van der Waals surface area contributed by atoms with Crippen LogP contribution in [0.5, 0.6) is 0 Å². The summed E-state index contributed by atoms with van der Waals surface area (Å²) in [5.41, 5.74) is 0.589. The third kappa shape index (κ3) is 4.79. The lowest BCUT2D eigenvalue weighted by Gasteiger charge is -2.37. The average Bonchev–Trinajstić information content (AvgIpc) is 2.88. The lowest BCUT2D eigenvalue weighted by Crippen LogP contribution is -2.49. The first-order valence-corrected chi connectivity index (χ1v) is 9.49. The lowest BCUT2D eigenvalue weighted by molar-refractivity contribution is 0.0291. The Bertz CT molecular complexity index is 555. The number of halogens is 1. The van der Waals surface area contributed by atoms with E-state index in [0.29, 0.717) is 11.7 Å². The van der Waals surface area contributed by atoms with Crippen molar-refractivity contribution in [2.45, 2.75) is 50.7 Å². The molecule has 2 aliphatic heterocycles. The molecule has 0 saturated carbocycles. The zero-order chi connectivity index (χ0) is 17.6. The number of methoxy groups -OCH3 is 1. The van der Waals surface area contributed by atoms with Gasteiger partial charge in [-0.15, -0.1) is 0 Å². The molecule has 0 N–H and O–H groups in total. The molecule has 4 nitrogen and oxygen atoms in total. The molecule has 1 atom stereocenters. The number of likely N-dealkylation sites (tertiary alicyclic amines) is 2. The van der Waals surface area contributed by atoms with E-state index < -0.39 is 0 Å². The topological polar surface area (TPSA) is 32.8 Å². The molecule has 2 heterocycles. The molecule has 0 radical (unpaired) electrons. The minimum absolute atomic E-state index is 0.0404. The maximum atomic E-state index is 13.2. The van der Waals surface area contributed by atoms with Crippen LogP contribution in [0.1, 0.15) is 48.9 Å². The van der Waals surface area contributed by atoms with E-state index in [1.165, 1.54) is 25.0 Å². The summed E-state index contributed by atoms with van der Waals surface area (Å²) in [6.07, 6.45) is 6.96. The van der Waals surface area contributed by atoms with Gasteiger partial charge < -0.3 is 14.5 Å². The van der Waals surface area contributed by atoms with Gasteiger partial charge >= 0.3 is 0 Å². The average molecular weight is 348 g/mol. The number of benzene rings is 1. The van der Waals surface area contributed by atoms with Crippen LogP contribution in [-0.4, -0.2) is 61.1 Å². The molecule has 0 aromatic heterocycles. The zero-order valence-electron chi connectivity index (χ0n) is 15.1. The van der Waals surface area contributed by atoms with Crippen molar-refractivity contribution >= 4 is 5.91 Å². The van der Waals surface area contributed by atoms with E-state index in [9.17, 15) is 9.18 Å². The van der Waals surface area contributed by atoms with Gasteiger partial charge in [-0.2, -0.15) is 0 Å². The molecule has 2 aliphatic rings. The summed E-state index contributed by atoms with van der Waals surface area (Å²) < 4.78 is 18.6. The number of rotatable bonds is 4. The molecular formula is C20H29FN2O2. The monoisotopic (exact) mass is 348 g/mol. The van der Waals surface area contributed by atoms with E-state index in [4.69, 9.17) is 4.74 Å². The molecule has 138 valence electrons. The number of carbonyl (C=O) groups excluding carboxylic acids is 1. The number of hydrogen-bond donors (Lipinski definition) is 0. The van der Waals surface area contributed by atoms with Gasteiger partial charge in [0, 0.05) is 44.9 Å². The van der Waals surface area contributed by atoms with E-state index in [2.05, 4.69) is 4.90 Å². The van der Waals surface area contributed by atoms with Crippen molar-refractivity contribution < 1.29 is 13.9 Å². The van der Waals surface area contributed by atoms with Gasteiger partial charge in [0.2, 0.25) is 0 Å². The second-order valence-corrected chi connectivity index (χ2v) is 7.24. The molecule has 2 fully saturated rings. The second kappa shape index (κ2) is 8.77. The molecule has 0 aliphatic carbocycles. The number of carbonyl (C=O) groups is 1. The van der Waals surface area contributed by atoms with Crippen molar-refractivity contribution in [2.75, 3.05) is 33.3 Å². The molecule has 1 aromatic rings. The summed E-state index contributed by atoms with van der Waals surface area (Å²) in [6.45, 7) is 3.81. The van der Waals surface area contributed by atoms with Crippen LogP contribution in [0, 0.1) is 5.82 Å². The number of nitrogens with zero attached hydrogens (tertiary/aromatic N) is 2. The molecule has 2 saturated heterocycles. The van der Waals surface area contributed by atoms with Crippen LogP contribution in [0.2, 0.25) is 0 Å². The highest BCUT2D eigenvalue weighted by atomic mass is 19.1. The van der Waals surface area contributed by atoms with Gasteiger partial charge in [-0.05, 0) is 49.9 Å². The highest BCUT2D eigenvalue weighted by Crippen LogP contribution is 2.22. The van der Waals surface area contributed by atoms with Gasteiger partial charge in [0.05, 0.1) is 6.10 Å². The van der Waals surface area contributed by atoms with Crippen LogP contribution in [0.3, 0.4) is 0 Å². The van der Waals surface area contributed by atoms with Gasteiger partial charge in [-0.1, -0.05) is 12.8 Å². The summed E-state index contributed by atoms with van der Waals surface area (Å²) in [6, 6.07) is 6.19. The fourth-order valence-electron chi connectivity index (χ4n) is 4.02. The fraction of sp³-hybridized carbons (Fsp3) is 0.650. The fourth-order valence-corrected chi connectivity index (χ4v) is 4.02. The molecule has 1 aromatic carbocycles. The van der Waals surface area contributed by atoms with Crippen molar-refractivity contribution in [1.82, 2.24) is 9.80 Å². The van der Waals surface area contributed by atoms with E-state index in [1.807, 2.05) is 4.90 Å². The molecular weight excluding hydrogens is 319 g/mol. The quantitative estimate of drug-likeness (QED) is 0.837. The van der Waals surface area contributed by atoms with Crippen molar-refractivity contribution in [2.24, 2.45) is 0 Å². The minimum Gasteiger partial charge on any atom is -0.381 e. The summed E-state index contributed by atoms with van der Waals surface area (Å²) in [7, 11) is 1.79. The van der Waals surface area contributed by atoms with Crippen LogP contribution in [0.25, 0.3) is 0 Å². The predicted molar refractivity (Wildman–Crippen MR) is 96.2 cm³/mol. The van der Waals surface area contributed by atoms with Crippen molar-refractivity contribution in [1.29, 1.82) is 0 Å². The molecule has 0 spiro atoms. The summed E-state index contributed by atoms with van der Waals surface area (Å²) in [4.78, 5) is 17.5.